The Morgan fingerprint density at radius 2 is 2.04 bits per heavy atom. The highest BCUT2D eigenvalue weighted by Crippen LogP contribution is 2.32. The molecule has 0 unspecified atom stereocenters. The molecule has 3 rings (SSSR count). The molecule has 1 aromatic carbocycles. The van der Waals surface area contributed by atoms with Crippen LogP contribution in [-0.2, 0) is 9.59 Å². The molecule has 1 atom stereocenters. The number of thioether (sulfide) groups is 1. The van der Waals surface area contributed by atoms with E-state index in [4.69, 9.17) is 9.47 Å². The Balaban J connectivity index is 1.41. The van der Waals surface area contributed by atoms with Gasteiger partial charge in [-0.15, -0.1) is 0 Å². The first-order valence-electron chi connectivity index (χ1n) is 8.41. The Bertz CT molecular complexity index is 696. The van der Waals surface area contributed by atoms with Gasteiger partial charge in [0, 0.05) is 19.1 Å². The molecule has 2 aliphatic heterocycles. The molecular weight excluding hydrogens is 358 g/mol. The quantitative estimate of drug-likeness (QED) is 0.727. The van der Waals surface area contributed by atoms with E-state index in [1.165, 1.54) is 0 Å². The van der Waals surface area contributed by atoms with Crippen LogP contribution in [0, 0.1) is 0 Å². The van der Waals surface area contributed by atoms with Gasteiger partial charge in [0.2, 0.25) is 11.8 Å². The molecule has 1 aromatic rings. The number of hydrogen-bond donors (Lipinski definition) is 2. The molecule has 2 heterocycles. The molecule has 1 saturated heterocycles. The van der Waals surface area contributed by atoms with Crippen molar-refractivity contribution in [2.45, 2.75) is 13.0 Å². The molecule has 9 heteroatoms. The summed E-state index contributed by atoms with van der Waals surface area (Å²) in [4.78, 5) is 36.0. The van der Waals surface area contributed by atoms with Gasteiger partial charge in [0.25, 0.3) is 5.24 Å². The highest BCUT2D eigenvalue weighted by molar-refractivity contribution is 8.14. The molecule has 3 amide bonds. The molecule has 0 radical (unpaired) electrons. The molecule has 0 aromatic heterocycles. The number of imide groups is 1. The van der Waals surface area contributed by atoms with E-state index in [0.29, 0.717) is 19.0 Å². The van der Waals surface area contributed by atoms with E-state index in [2.05, 4.69) is 10.6 Å². The summed E-state index contributed by atoms with van der Waals surface area (Å²) in [7, 11) is 0. The molecule has 140 valence electrons. The number of hydrogen-bond acceptors (Lipinski definition) is 7. The zero-order chi connectivity index (χ0) is 18.5. The summed E-state index contributed by atoms with van der Waals surface area (Å²) in [5.41, 5.74) is 0.993. The van der Waals surface area contributed by atoms with Crippen LogP contribution in [0.4, 0.5) is 4.79 Å². The first kappa shape index (κ1) is 18.5. The zero-order valence-corrected chi connectivity index (χ0v) is 15.3. The van der Waals surface area contributed by atoms with E-state index in [9.17, 15) is 14.4 Å². The maximum Gasteiger partial charge on any atom is 0.288 e. The van der Waals surface area contributed by atoms with Crippen LogP contribution >= 0.6 is 11.8 Å². The summed E-state index contributed by atoms with van der Waals surface area (Å²) in [5.74, 6) is 1.22. The lowest BCUT2D eigenvalue weighted by atomic mass is 10.1. The zero-order valence-electron chi connectivity index (χ0n) is 14.4. The number of amides is 3. The van der Waals surface area contributed by atoms with Gasteiger partial charge in [-0.25, -0.2) is 0 Å². The summed E-state index contributed by atoms with van der Waals surface area (Å²) >= 11 is 0.987. The van der Waals surface area contributed by atoms with Gasteiger partial charge in [-0.2, -0.15) is 0 Å². The van der Waals surface area contributed by atoms with Gasteiger partial charge in [-0.05, 0) is 24.6 Å². The smallest absolute Gasteiger partial charge is 0.288 e. The van der Waals surface area contributed by atoms with Gasteiger partial charge in [-0.3, -0.25) is 19.3 Å². The molecule has 0 saturated carbocycles. The number of benzene rings is 1. The first-order valence-corrected chi connectivity index (χ1v) is 9.40. The standard InChI is InChI=1S/C17H21N3O5S/c1-11(12-2-3-13-14(8-12)25-7-6-24-13)19-9-15(21)18-4-5-20-16(22)10-26-17(20)23/h2-3,8,11,19H,4-7,9-10H2,1H3,(H,18,21)/t11-/m0/s1. The van der Waals surface area contributed by atoms with E-state index >= 15 is 0 Å². The summed E-state index contributed by atoms with van der Waals surface area (Å²) < 4.78 is 11.1. The van der Waals surface area contributed by atoms with Crippen LogP contribution in [-0.4, -0.2) is 60.6 Å². The van der Waals surface area contributed by atoms with Gasteiger partial charge in [0.15, 0.2) is 11.5 Å². The lowest BCUT2D eigenvalue weighted by molar-refractivity contribution is -0.125. The van der Waals surface area contributed by atoms with Crippen LogP contribution in [0.2, 0.25) is 0 Å². The van der Waals surface area contributed by atoms with Crippen molar-refractivity contribution < 1.29 is 23.9 Å². The van der Waals surface area contributed by atoms with E-state index in [1.54, 1.807) is 0 Å². The maximum atomic E-state index is 11.9. The largest absolute Gasteiger partial charge is 0.486 e. The van der Waals surface area contributed by atoms with Crippen molar-refractivity contribution in [3.05, 3.63) is 23.8 Å². The lowest BCUT2D eigenvalue weighted by Gasteiger charge is -2.21. The van der Waals surface area contributed by atoms with Crippen LogP contribution in [0.25, 0.3) is 0 Å². The van der Waals surface area contributed by atoms with Crippen molar-refractivity contribution in [3.8, 4) is 11.5 Å². The second kappa shape index (κ2) is 8.41. The van der Waals surface area contributed by atoms with Gasteiger partial charge in [0.1, 0.15) is 13.2 Å². The van der Waals surface area contributed by atoms with E-state index in [1.807, 2.05) is 25.1 Å². The Labute approximate surface area is 155 Å². The third-order valence-electron chi connectivity index (χ3n) is 4.13. The minimum absolute atomic E-state index is 0.0466. The maximum absolute atomic E-state index is 11.9. The highest BCUT2D eigenvalue weighted by Gasteiger charge is 2.29. The van der Waals surface area contributed by atoms with Gasteiger partial charge in [0.05, 0.1) is 12.3 Å². The predicted octanol–water partition coefficient (Wildman–Crippen LogP) is 0.920. The molecule has 0 aliphatic carbocycles. The van der Waals surface area contributed by atoms with Crippen molar-refractivity contribution in [1.29, 1.82) is 0 Å². The van der Waals surface area contributed by atoms with Crippen LogP contribution in [0.1, 0.15) is 18.5 Å². The third kappa shape index (κ3) is 4.47. The van der Waals surface area contributed by atoms with Gasteiger partial charge < -0.3 is 20.1 Å². The van der Waals surface area contributed by atoms with Crippen molar-refractivity contribution in [3.63, 3.8) is 0 Å². The average molecular weight is 379 g/mol. The number of nitrogens with zero attached hydrogens (tertiary/aromatic N) is 1. The number of nitrogens with one attached hydrogen (secondary N) is 2. The second-order valence-corrected chi connectivity index (χ2v) is 6.88. The molecule has 2 N–H and O–H groups in total. The molecule has 0 bridgehead atoms. The number of rotatable bonds is 7. The summed E-state index contributed by atoms with van der Waals surface area (Å²) in [6, 6.07) is 5.66. The fourth-order valence-electron chi connectivity index (χ4n) is 2.66. The van der Waals surface area contributed by atoms with E-state index in [-0.39, 0.29) is 48.5 Å². The van der Waals surface area contributed by atoms with Crippen molar-refractivity contribution in [2.75, 3.05) is 38.6 Å². The van der Waals surface area contributed by atoms with E-state index < -0.39 is 0 Å². The fourth-order valence-corrected chi connectivity index (χ4v) is 3.41. The normalized spacial score (nSPS) is 17.3. The molecule has 1 fully saturated rings. The lowest BCUT2D eigenvalue weighted by Crippen LogP contribution is -2.40. The molecule has 0 spiro atoms. The minimum atomic E-state index is -0.255. The summed E-state index contributed by atoms with van der Waals surface area (Å²) in [6.45, 7) is 3.61. The SMILES string of the molecule is C[C@H](NCC(=O)NCCN1C(=O)CSC1=O)c1ccc2c(c1)OCCO2. The topological polar surface area (TPSA) is 97.0 Å². The molecule has 26 heavy (non-hydrogen) atoms. The highest BCUT2D eigenvalue weighted by atomic mass is 32.2. The summed E-state index contributed by atoms with van der Waals surface area (Å²) in [5, 5.41) is 5.59. The molecular formula is C17H21N3O5S. The Kier molecular flexibility index (Phi) is 6.00. The number of carbonyl (C=O) groups is 3. The number of carbonyl (C=O) groups excluding carboxylic acids is 3. The Morgan fingerprint density at radius 1 is 1.27 bits per heavy atom. The van der Waals surface area contributed by atoms with Crippen LogP contribution in [0.15, 0.2) is 18.2 Å². The van der Waals surface area contributed by atoms with Crippen molar-refractivity contribution in [2.24, 2.45) is 0 Å². The Hall–Kier alpha value is -2.26. The minimum Gasteiger partial charge on any atom is -0.486 e. The monoisotopic (exact) mass is 379 g/mol. The Morgan fingerprint density at radius 3 is 2.77 bits per heavy atom. The van der Waals surface area contributed by atoms with Gasteiger partial charge >= 0.3 is 0 Å². The first-order chi connectivity index (χ1) is 12.5. The molecule has 8 nitrogen and oxygen atoms in total. The fraction of sp³-hybridized carbons (Fsp3) is 0.471. The van der Waals surface area contributed by atoms with Crippen molar-refractivity contribution in [1.82, 2.24) is 15.5 Å². The molecule has 2 aliphatic rings. The second-order valence-electron chi connectivity index (χ2n) is 5.96. The van der Waals surface area contributed by atoms with Crippen LogP contribution in [0.5, 0.6) is 11.5 Å². The third-order valence-corrected chi connectivity index (χ3v) is 4.99. The predicted molar refractivity (Wildman–Crippen MR) is 96.4 cm³/mol. The van der Waals surface area contributed by atoms with E-state index in [0.717, 1.165) is 28.0 Å². The number of fused-ring (bicyclic) bond motifs is 1. The van der Waals surface area contributed by atoms with Gasteiger partial charge in [-0.1, -0.05) is 17.8 Å². The summed E-state index contributed by atoms with van der Waals surface area (Å²) in [6.07, 6.45) is 0. The number of ether oxygens (including phenoxy) is 2. The van der Waals surface area contributed by atoms with Crippen LogP contribution in [0.3, 0.4) is 0 Å². The van der Waals surface area contributed by atoms with Crippen molar-refractivity contribution >= 4 is 28.8 Å². The average Bonchev–Trinajstić information content (AvgIpc) is 2.97. The van der Waals surface area contributed by atoms with Crippen LogP contribution < -0.4 is 20.1 Å².